The summed E-state index contributed by atoms with van der Waals surface area (Å²) in [7, 11) is 0. The van der Waals surface area contributed by atoms with Crippen LogP contribution >= 0.6 is 0 Å². The van der Waals surface area contributed by atoms with Crippen LogP contribution in [0.4, 0.5) is 17.1 Å². The van der Waals surface area contributed by atoms with Crippen LogP contribution in [0.2, 0.25) is 0 Å². The fourth-order valence-electron chi connectivity index (χ4n) is 1.47. The van der Waals surface area contributed by atoms with E-state index in [-0.39, 0.29) is 0 Å². The van der Waals surface area contributed by atoms with Gasteiger partial charge in [0.15, 0.2) is 0 Å². The number of nitrogens with two attached hydrogens (primary N) is 1. The van der Waals surface area contributed by atoms with Gasteiger partial charge in [0.05, 0.1) is 11.4 Å². The molecule has 0 spiro atoms. The molecule has 0 amide bonds. The quantitative estimate of drug-likeness (QED) is 0.422. The van der Waals surface area contributed by atoms with Crippen molar-refractivity contribution in [3.8, 4) is 0 Å². The van der Waals surface area contributed by atoms with Gasteiger partial charge in [0.25, 0.3) is 0 Å². The van der Waals surface area contributed by atoms with Crippen molar-refractivity contribution >= 4 is 29.5 Å². The molecule has 1 aromatic carbocycles. The summed E-state index contributed by atoms with van der Waals surface area (Å²) < 4.78 is 0. The Bertz CT molecular complexity index is 487. The van der Waals surface area contributed by atoms with Crippen LogP contribution in [-0.4, -0.2) is 19.0 Å². The van der Waals surface area contributed by atoms with Gasteiger partial charge in [-0.15, -0.1) is 0 Å². The molecule has 18 heavy (non-hydrogen) atoms. The Kier molecular flexibility index (Phi) is 5.11. The minimum atomic E-state index is 0.568. The van der Waals surface area contributed by atoms with E-state index in [0.717, 1.165) is 17.9 Å². The molecule has 0 saturated heterocycles. The molecule has 0 radical (unpaired) electrons. The third-order valence-corrected chi connectivity index (χ3v) is 2.68. The first-order chi connectivity index (χ1) is 8.62. The summed E-state index contributed by atoms with van der Waals surface area (Å²) in [5.74, 6) is 0. The molecule has 4 nitrogen and oxygen atoms in total. The number of benzene rings is 1. The molecule has 0 aromatic heterocycles. The number of hydrogen-bond acceptors (Lipinski definition) is 4. The van der Waals surface area contributed by atoms with Crippen LogP contribution in [-0.2, 0) is 0 Å². The topological polar surface area (TPSA) is 74.3 Å². The molecule has 0 aliphatic rings. The number of nitrogens with zero attached hydrogens (tertiary/aromatic N) is 1. The van der Waals surface area contributed by atoms with Gasteiger partial charge in [0.1, 0.15) is 0 Å². The minimum absolute atomic E-state index is 0.568. The van der Waals surface area contributed by atoms with Crippen molar-refractivity contribution in [1.82, 2.24) is 0 Å². The van der Waals surface area contributed by atoms with Gasteiger partial charge in [0.2, 0.25) is 0 Å². The van der Waals surface area contributed by atoms with Crippen LogP contribution in [0.3, 0.4) is 0 Å². The zero-order chi connectivity index (χ0) is 13.5. The molecule has 0 saturated carbocycles. The van der Waals surface area contributed by atoms with E-state index in [2.05, 4.69) is 23.3 Å². The molecule has 0 aliphatic carbocycles. The lowest BCUT2D eigenvalue weighted by Crippen LogP contribution is -2.04. The number of anilines is 2. The Hall–Kier alpha value is -2.10. The van der Waals surface area contributed by atoms with E-state index < -0.39 is 0 Å². The minimum Gasteiger partial charge on any atom is -0.398 e. The molecule has 0 unspecified atom stereocenters. The van der Waals surface area contributed by atoms with Gasteiger partial charge in [-0.25, -0.2) is 0 Å². The number of nitrogens with one attached hydrogen (secondary N) is 2. The summed E-state index contributed by atoms with van der Waals surface area (Å²) in [5, 5.41) is 10.6. The van der Waals surface area contributed by atoms with E-state index in [1.807, 2.05) is 19.9 Å². The Labute approximate surface area is 108 Å². The first-order valence-corrected chi connectivity index (χ1v) is 5.90. The largest absolute Gasteiger partial charge is 0.398 e. The predicted molar refractivity (Wildman–Crippen MR) is 80.5 cm³/mol. The fourth-order valence-corrected chi connectivity index (χ4v) is 1.47. The van der Waals surface area contributed by atoms with Gasteiger partial charge < -0.3 is 16.5 Å². The average molecular weight is 244 g/mol. The molecule has 0 heterocycles. The summed E-state index contributed by atoms with van der Waals surface area (Å²) in [6.45, 7) is 6.69. The van der Waals surface area contributed by atoms with Crippen LogP contribution < -0.4 is 11.1 Å². The van der Waals surface area contributed by atoms with Crippen LogP contribution in [0, 0.1) is 5.41 Å². The second-order valence-electron chi connectivity index (χ2n) is 4.02. The van der Waals surface area contributed by atoms with E-state index in [4.69, 9.17) is 11.1 Å². The standard InChI is InChI=1S/C14H20N4/c1-4-10(3)9-18-13-6-11(8-15)12(16)7-14(13)17-5-2/h4-8,15,18H,9,16H2,1-3H3/b10-4+,15-8?,17-5?. The van der Waals surface area contributed by atoms with Crippen molar-refractivity contribution in [2.24, 2.45) is 4.99 Å². The van der Waals surface area contributed by atoms with E-state index in [1.54, 1.807) is 12.3 Å². The number of hydrogen-bond donors (Lipinski definition) is 3. The van der Waals surface area contributed by atoms with Gasteiger partial charge in [-0.05, 0) is 32.9 Å². The van der Waals surface area contributed by atoms with Crippen LogP contribution in [0.5, 0.6) is 0 Å². The maximum Gasteiger partial charge on any atom is 0.0877 e. The zero-order valence-corrected chi connectivity index (χ0v) is 11.1. The van der Waals surface area contributed by atoms with Crippen molar-refractivity contribution in [3.63, 3.8) is 0 Å². The highest BCUT2D eigenvalue weighted by Crippen LogP contribution is 2.29. The summed E-state index contributed by atoms with van der Waals surface area (Å²) in [5.41, 5.74) is 10.0. The summed E-state index contributed by atoms with van der Waals surface area (Å²) in [6.07, 6.45) is 5.04. The smallest absolute Gasteiger partial charge is 0.0877 e. The number of rotatable bonds is 5. The molecule has 0 atom stereocenters. The molecule has 0 bridgehead atoms. The Balaban J connectivity index is 3.09. The van der Waals surface area contributed by atoms with Crippen LogP contribution in [0.25, 0.3) is 0 Å². The highest BCUT2D eigenvalue weighted by Gasteiger charge is 2.05. The van der Waals surface area contributed by atoms with Crippen molar-refractivity contribution in [3.05, 3.63) is 29.3 Å². The number of aliphatic imine (C=N–C) groups is 1. The third-order valence-electron chi connectivity index (χ3n) is 2.68. The lowest BCUT2D eigenvalue weighted by atomic mass is 10.1. The lowest BCUT2D eigenvalue weighted by Gasteiger charge is -2.12. The van der Waals surface area contributed by atoms with E-state index in [9.17, 15) is 0 Å². The molecular weight excluding hydrogens is 224 g/mol. The van der Waals surface area contributed by atoms with Crippen molar-refractivity contribution in [2.75, 3.05) is 17.6 Å². The fraction of sp³-hybridized carbons (Fsp3) is 0.286. The maximum atomic E-state index is 7.32. The molecule has 1 aromatic rings. The van der Waals surface area contributed by atoms with E-state index >= 15 is 0 Å². The summed E-state index contributed by atoms with van der Waals surface area (Å²) >= 11 is 0. The first-order valence-electron chi connectivity index (χ1n) is 5.90. The number of allylic oxidation sites excluding steroid dienone is 1. The number of nitrogen functional groups attached to an aromatic ring is 1. The van der Waals surface area contributed by atoms with Crippen molar-refractivity contribution in [2.45, 2.75) is 20.8 Å². The summed E-state index contributed by atoms with van der Waals surface area (Å²) in [4.78, 5) is 4.28. The molecule has 96 valence electrons. The van der Waals surface area contributed by atoms with Gasteiger partial charge in [-0.3, -0.25) is 4.99 Å². The summed E-state index contributed by atoms with van der Waals surface area (Å²) in [6, 6.07) is 3.64. The van der Waals surface area contributed by atoms with Gasteiger partial charge in [0, 0.05) is 30.2 Å². The van der Waals surface area contributed by atoms with Gasteiger partial charge in [-0.1, -0.05) is 11.6 Å². The molecule has 1 rings (SSSR count). The van der Waals surface area contributed by atoms with Crippen molar-refractivity contribution < 1.29 is 0 Å². The van der Waals surface area contributed by atoms with E-state index in [1.165, 1.54) is 11.8 Å². The Morgan fingerprint density at radius 2 is 2.17 bits per heavy atom. The molecule has 0 aliphatic heterocycles. The van der Waals surface area contributed by atoms with Gasteiger partial charge in [-0.2, -0.15) is 0 Å². The first kappa shape index (κ1) is 14.0. The Morgan fingerprint density at radius 3 is 2.72 bits per heavy atom. The zero-order valence-electron chi connectivity index (χ0n) is 11.1. The molecule has 4 heteroatoms. The maximum absolute atomic E-state index is 7.32. The van der Waals surface area contributed by atoms with Crippen molar-refractivity contribution in [1.29, 1.82) is 5.41 Å². The van der Waals surface area contributed by atoms with E-state index in [0.29, 0.717) is 11.3 Å². The normalized spacial score (nSPS) is 11.8. The second-order valence-corrected chi connectivity index (χ2v) is 4.02. The average Bonchev–Trinajstić information content (AvgIpc) is 2.37. The molecule has 0 fully saturated rings. The second kappa shape index (κ2) is 6.59. The molecular formula is C14H20N4. The highest BCUT2D eigenvalue weighted by atomic mass is 14.9. The van der Waals surface area contributed by atoms with Crippen LogP contribution in [0.1, 0.15) is 26.3 Å². The third kappa shape index (κ3) is 3.45. The lowest BCUT2D eigenvalue weighted by molar-refractivity contribution is 1.19. The van der Waals surface area contributed by atoms with Gasteiger partial charge >= 0.3 is 0 Å². The highest BCUT2D eigenvalue weighted by molar-refractivity contribution is 5.90. The predicted octanol–water partition coefficient (Wildman–Crippen LogP) is 3.37. The molecule has 4 N–H and O–H groups in total. The Morgan fingerprint density at radius 1 is 1.44 bits per heavy atom. The van der Waals surface area contributed by atoms with Crippen LogP contribution in [0.15, 0.2) is 28.8 Å². The monoisotopic (exact) mass is 244 g/mol. The SMILES string of the molecule is CC=Nc1cc(N)c(C=N)cc1NC/C(C)=C/C.